The van der Waals surface area contributed by atoms with Crippen LogP contribution in [-0.4, -0.2) is 18.2 Å². The van der Waals surface area contributed by atoms with Crippen LogP contribution in [0.3, 0.4) is 0 Å². The highest BCUT2D eigenvalue weighted by molar-refractivity contribution is 9.10. The number of hydrazine groups is 1. The molecule has 19 heavy (non-hydrogen) atoms. The summed E-state index contributed by atoms with van der Waals surface area (Å²) in [5.41, 5.74) is 1.93. The zero-order chi connectivity index (χ0) is 14.6. The number of hydrogen-bond acceptors (Lipinski definition) is 3. The number of rotatable bonds is 6. The van der Waals surface area contributed by atoms with E-state index in [1.54, 1.807) is 0 Å². The fourth-order valence-corrected chi connectivity index (χ4v) is 2.31. The molecule has 0 radical (unpaired) electrons. The van der Waals surface area contributed by atoms with Crippen LogP contribution in [0.4, 0.5) is 8.78 Å². The number of nitrogens with two attached hydrogens (primary N) is 1. The molecule has 1 aromatic carbocycles. The maximum atomic E-state index is 13.9. The van der Waals surface area contributed by atoms with Gasteiger partial charge in [0.25, 0.3) is 0 Å². The van der Waals surface area contributed by atoms with Crippen molar-refractivity contribution in [1.82, 2.24) is 5.43 Å². The molecule has 0 aliphatic heterocycles. The molecule has 1 rings (SSSR count). The van der Waals surface area contributed by atoms with E-state index >= 15 is 0 Å². The molecule has 0 aliphatic carbocycles. The normalized spacial score (nSPS) is 13.6. The van der Waals surface area contributed by atoms with Crippen molar-refractivity contribution in [2.24, 2.45) is 5.84 Å². The summed E-state index contributed by atoms with van der Waals surface area (Å²) in [6.07, 6.45) is 0.0978. The number of nitrogens with one attached hydrogen (secondary N) is 1. The molecule has 1 atom stereocenters. The Kier molecular flexibility index (Phi) is 5.85. The Morgan fingerprint density at radius 1 is 1.42 bits per heavy atom. The second-order valence-corrected chi connectivity index (χ2v) is 5.64. The molecule has 1 aromatic rings. The summed E-state index contributed by atoms with van der Waals surface area (Å²) in [6.45, 7) is 6.01. The molecule has 1 unspecified atom stereocenters. The largest absolute Gasteiger partial charge is 0.374 e. The van der Waals surface area contributed by atoms with Crippen molar-refractivity contribution >= 4 is 15.9 Å². The van der Waals surface area contributed by atoms with E-state index in [1.165, 1.54) is 12.1 Å². The summed E-state index contributed by atoms with van der Waals surface area (Å²) >= 11 is 3.05. The van der Waals surface area contributed by atoms with E-state index in [0.29, 0.717) is 6.61 Å². The van der Waals surface area contributed by atoms with Gasteiger partial charge in [0.2, 0.25) is 0 Å². The lowest BCUT2D eigenvalue weighted by atomic mass is 9.92. The third kappa shape index (κ3) is 3.95. The first-order valence-corrected chi connectivity index (χ1v) is 6.85. The van der Waals surface area contributed by atoms with Crippen molar-refractivity contribution in [2.75, 3.05) is 6.61 Å². The molecule has 108 valence electrons. The van der Waals surface area contributed by atoms with Gasteiger partial charge in [0.1, 0.15) is 11.6 Å². The van der Waals surface area contributed by atoms with Crippen LogP contribution in [0, 0.1) is 11.6 Å². The van der Waals surface area contributed by atoms with Crippen molar-refractivity contribution in [3.8, 4) is 0 Å². The van der Waals surface area contributed by atoms with E-state index in [4.69, 9.17) is 10.6 Å². The Hall–Kier alpha value is -0.560. The molecule has 6 heteroatoms. The van der Waals surface area contributed by atoms with Gasteiger partial charge in [-0.3, -0.25) is 11.3 Å². The molecule has 0 spiro atoms. The summed E-state index contributed by atoms with van der Waals surface area (Å²) in [5.74, 6) is 4.29. The molecule has 0 aliphatic rings. The van der Waals surface area contributed by atoms with E-state index < -0.39 is 23.3 Å². The number of benzene rings is 1. The van der Waals surface area contributed by atoms with Gasteiger partial charge in [-0.05, 0) is 55.3 Å². The lowest BCUT2D eigenvalue weighted by molar-refractivity contribution is -0.0383. The van der Waals surface area contributed by atoms with Gasteiger partial charge in [0.05, 0.1) is 16.1 Å². The Labute approximate surface area is 120 Å². The van der Waals surface area contributed by atoms with Crippen LogP contribution in [-0.2, 0) is 11.2 Å². The highest BCUT2D eigenvalue weighted by Gasteiger charge is 2.31. The third-order valence-electron chi connectivity index (χ3n) is 3.10. The minimum absolute atomic E-state index is 0.00916. The van der Waals surface area contributed by atoms with E-state index in [-0.39, 0.29) is 16.5 Å². The second kappa shape index (κ2) is 6.74. The SMILES string of the molecule is CCOC(C)(C)C(Cc1c(F)ccc(Br)c1F)NN. The van der Waals surface area contributed by atoms with E-state index in [1.807, 2.05) is 20.8 Å². The lowest BCUT2D eigenvalue weighted by Crippen LogP contribution is -2.53. The second-order valence-electron chi connectivity index (χ2n) is 4.78. The zero-order valence-corrected chi connectivity index (χ0v) is 12.9. The van der Waals surface area contributed by atoms with Crippen LogP contribution in [0.5, 0.6) is 0 Å². The molecular formula is C13H19BrF2N2O. The number of halogens is 3. The van der Waals surface area contributed by atoms with Crippen molar-refractivity contribution in [1.29, 1.82) is 0 Å². The highest BCUT2D eigenvalue weighted by Crippen LogP contribution is 2.25. The van der Waals surface area contributed by atoms with Gasteiger partial charge < -0.3 is 4.74 Å². The molecule has 3 nitrogen and oxygen atoms in total. The molecular weight excluding hydrogens is 318 g/mol. The van der Waals surface area contributed by atoms with Gasteiger partial charge in [-0.1, -0.05) is 0 Å². The number of ether oxygens (including phenoxy) is 1. The van der Waals surface area contributed by atoms with Gasteiger partial charge in [0, 0.05) is 12.2 Å². The molecule has 3 N–H and O–H groups in total. The first kappa shape index (κ1) is 16.5. The van der Waals surface area contributed by atoms with Crippen molar-refractivity contribution in [2.45, 2.75) is 38.8 Å². The van der Waals surface area contributed by atoms with Crippen molar-refractivity contribution in [3.63, 3.8) is 0 Å². The number of hydrogen-bond donors (Lipinski definition) is 2. The molecule has 0 saturated heterocycles. The Bertz CT molecular complexity index is 441. The Morgan fingerprint density at radius 3 is 2.58 bits per heavy atom. The van der Waals surface area contributed by atoms with Gasteiger partial charge in [-0.2, -0.15) is 0 Å². The fraction of sp³-hybridized carbons (Fsp3) is 0.538. The van der Waals surface area contributed by atoms with Gasteiger partial charge in [0.15, 0.2) is 0 Å². The van der Waals surface area contributed by atoms with Gasteiger partial charge in [-0.25, -0.2) is 8.78 Å². The first-order valence-electron chi connectivity index (χ1n) is 6.06. The summed E-state index contributed by atoms with van der Waals surface area (Å²) < 4.78 is 33.5. The quantitative estimate of drug-likeness (QED) is 0.477. The van der Waals surface area contributed by atoms with Crippen LogP contribution in [0.1, 0.15) is 26.3 Å². The summed E-state index contributed by atoms with van der Waals surface area (Å²) in [6, 6.07) is 2.15. The Morgan fingerprint density at radius 2 is 2.05 bits per heavy atom. The van der Waals surface area contributed by atoms with Crippen LogP contribution in [0.2, 0.25) is 0 Å². The maximum Gasteiger partial charge on any atom is 0.143 e. The van der Waals surface area contributed by atoms with Crippen LogP contribution >= 0.6 is 15.9 Å². The van der Waals surface area contributed by atoms with E-state index in [9.17, 15) is 8.78 Å². The molecule has 0 heterocycles. The van der Waals surface area contributed by atoms with E-state index in [2.05, 4.69) is 21.4 Å². The monoisotopic (exact) mass is 336 g/mol. The molecule has 0 fully saturated rings. The lowest BCUT2D eigenvalue weighted by Gasteiger charge is -2.34. The van der Waals surface area contributed by atoms with Crippen LogP contribution < -0.4 is 11.3 Å². The molecule has 0 bridgehead atoms. The van der Waals surface area contributed by atoms with Gasteiger partial charge in [-0.15, -0.1) is 0 Å². The zero-order valence-electron chi connectivity index (χ0n) is 11.3. The van der Waals surface area contributed by atoms with Crippen molar-refractivity contribution < 1.29 is 13.5 Å². The maximum absolute atomic E-state index is 13.9. The average molecular weight is 337 g/mol. The third-order valence-corrected chi connectivity index (χ3v) is 3.72. The predicted octanol–water partition coefficient (Wildman–Crippen LogP) is 2.92. The standard InChI is InChI=1S/C13H19BrF2N2O/c1-4-19-13(2,3)11(18-17)7-8-10(15)6-5-9(14)12(8)16/h5-6,11,18H,4,7,17H2,1-3H3. The molecule has 0 saturated carbocycles. The first-order chi connectivity index (χ1) is 8.83. The Balaban J connectivity index is 3.03. The summed E-state index contributed by atoms with van der Waals surface area (Å²) in [5, 5.41) is 0. The van der Waals surface area contributed by atoms with Crippen LogP contribution in [0.15, 0.2) is 16.6 Å². The summed E-state index contributed by atoms with van der Waals surface area (Å²) in [7, 11) is 0. The fourth-order valence-electron chi connectivity index (χ4n) is 1.94. The predicted molar refractivity (Wildman–Crippen MR) is 74.6 cm³/mol. The summed E-state index contributed by atoms with van der Waals surface area (Å²) in [4.78, 5) is 0. The topological polar surface area (TPSA) is 47.3 Å². The molecule has 0 aromatic heterocycles. The van der Waals surface area contributed by atoms with Crippen molar-refractivity contribution in [3.05, 3.63) is 33.8 Å². The van der Waals surface area contributed by atoms with Gasteiger partial charge >= 0.3 is 0 Å². The average Bonchev–Trinajstić information content (AvgIpc) is 2.34. The molecule has 0 amide bonds. The smallest absolute Gasteiger partial charge is 0.143 e. The minimum Gasteiger partial charge on any atom is -0.374 e. The minimum atomic E-state index is -0.634. The van der Waals surface area contributed by atoms with Crippen LogP contribution in [0.25, 0.3) is 0 Å². The highest BCUT2D eigenvalue weighted by atomic mass is 79.9. The van der Waals surface area contributed by atoms with E-state index in [0.717, 1.165) is 0 Å².